The van der Waals surface area contributed by atoms with Crippen LogP contribution >= 0.6 is 17.0 Å². The van der Waals surface area contributed by atoms with Crippen molar-refractivity contribution in [3.8, 4) is 5.75 Å². The summed E-state index contributed by atoms with van der Waals surface area (Å²) in [5, 5.41) is 9.86. The Kier molecular flexibility index (Phi) is 8.51. The van der Waals surface area contributed by atoms with Gasteiger partial charge >= 0.3 is 37.9 Å². The number of hydrogen-bond donors (Lipinski definition) is 1. The number of nitrogens with zero attached hydrogens (tertiary/aromatic N) is 1. The zero-order chi connectivity index (χ0) is 19.3. The van der Waals surface area contributed by atoms with Crippen LogP contribution in [0.25, 0.3) is 0 Å². The van der Waals surface area contributed by atoms with E-state index in [4.69, 9.17) is 17.0 Å². The van der Waals surface area contributed by atoms with E-state index in [-0.39, 0.29) is 11.3 Å². The number of rotatable bonds is 2. The summed E-state index contributed by atoms with van der Waals surface area (Å²) in [6, 6.07) is 3.23. The number of aromatic hydroxyl groups is 1. The van der Waals surface area contributed by atoms with Crippen molar-refractivity contribution in [1.29, 1.82) is 0 Å². The Bertz CT molecular complexity index is 788. The molecule has 0 heterocycles. The van der Waals surface area contributed by atoms with Gasteiger partial charge in [-0.3, -0.25) is 0 Å². The van der Waals surface area contributed by atoms with Crippen LogP contribution in [0.4, 0.5) is 27.6 Å². The maximum atomic E-state index is 13.5. The molecule has 0 saturated heterocycles. The fourth-order valence-corrected chi connectivity index (χ4v) is 1.82. The van der Waals surface area contributed by atoms with Gasteiger partial charge in [-0.25, -0.2) is 26.9 Å². The molecule has 0 spiro atoms. The molecular formula is C15H10Cl2F5NOZr. The van der Waals surface area contributed by atoms with Crippen LogP contribution in [-0.4, -0.2) is 11.3 Å². The van der Waals surface area contributed by atoms with Crippen LogP contribution < -0.4 is 0 Å². The number of benzene rings is 2. The summed E-state index contributed by atoms with van der Waals surface area (Å²) in [4.78, 5) is 3.32. The van der Waals surface area contributed by atoms with Gasteiger partial charge in [0.1, 0.15) is 11.4 Å². The van der Waals surface area contributed by atoms with Crippen LogP contribution in [0.5, 0.6) is 5.75 Å². The van der Waals surface area contributed by atoms with Gasteiger partial charge in [0.2, 0.25) is 5.82 Å². The monoisotopic (exact) mass is 475 g/mol. The van der Waals surface area contributed by atoms with E-state index < -0.39 is 55.6 Å². The van der Waals surface area contributed by atoms with Crippen LogP contribution in [0, 0.1) is 42.9 Å². The Labute approximate surface area is 159 Å². The number of aryl methyl sites for hydroxylation is 2. The summed E-state index contributed by atoms with van der Waals surface area (Å²) in [6.07, 6.45) is 0.857. The predicted molar refractivity (Wildman–Crippen MR) is 82.8 cm³/mol. The molecule has 25 heavy (non-hydrogen) atoms. The van der Waals surface area contributed by atoms with E-state index in [1.54, 1.807) is 26.0 Å². The third-order valence-corrected chi connectivity index (χ3v) is 3.15. The van der Waals surface area contributed by atoms with E-state index in [0.717, 1.165) is 6.21 Å². The molecule has 10 heteroatoms. The Morgan fingerprint density at radius 2 is 1.28 bits per heavy atom. The molecule has 2 rings (SSSR count). The first-order valence-corrected chi connectivity index (χ1v) is 12.8. The third-order valence-electron chi connectivity index (χ3n) is 3.15. The zero-order valence-corrected chi connectivity index (χ0v) is 16.7. The van der Waals surface area contributed by atoms with Crippen molar-refractivity contribution in [3.05, 3.63) is 57.9 Å². The second-order valence-electron chi connectivity index (χ2n) is 4.71. The first-order chi connectivity index (χ1) is 11.7. The van der Waals surface area contributed by atoms with Crippen LogP contribution in [0.2, 0.25) is 0 Å². The number of phenols is 1. The molecule has 0 aromatic heterocycles. The van der Waals surface area contributed by atoms with E-state index in [0.29, 0.717) is 11.1 Å². The van der Waals surface area contributed by atoms with Crippen molar-refractivity contribution in [1.82, 2.24) is 0 Å². The van der Waals surface area contributed by atoms with Crippen LogP contribution in [0.3, 0.4) is 0 Å². The van der Waals surface area contributed by atoms with Gasteiger partial charge in [0.15, 0.2) is 23.3 Å². The molecule has 0 aliphatic carbocycles. The van der Waals surface area contributed by atoms with E-state index in [2.05, 4.69) is 4.99 Å². The molecule has 0 unspecified atom stereocenters. The average molecular weight is 477 g/mol. The number of halogens is 7. The van der Waals surface area contributed by atoms with E-state index in [1.165, 1.54) is 0 Å². The molecule has 0 amide bonds. The second-order valence-corrected chi connectivity index (χ2v) is 8.44. The van der Waals surface area contributed by atoms with Crippen LogP contribution in [0.15, 0.2) is 17.1 Å². The molecule has 0 fully saturated rings. The number of hydrogen-bond acceptors (Lipinski definition) is 2. The topological polar surface area (TPSA) is 32.6 Å². The van der Waals surface area contributed by atoms with Crippen molar-refractivity contribution in [2.75, 3.05) is 0 Å². The SMILES string of the molecule is Cc1ccc(C)c(C=Nc2c(F)c(F)c(F)c(F)c2F)c1O.[Cl][Zr][Cl]. The molecule has 0 aliphatic heterocycles. The van der Waals surface area contributed by atoms with Crippen LogP contribution in [-0.2, 0) is 20.8 Å². The molecule has 0 aliphatic rings. The first-order valence-electron chi connectivity index (χ1n) is 6.48. The van der Waals surface area contributed by atoms with E-state index in [9.17, 15) is 27.1 Å². The Morgan fingerprint density at radius 3 is 1.76 bits per heavy atom. The molecular weight excluding hydrogens is 467 g/mol. The Morgan fingerprint density at radius 1 is 0.880 bits per heavy atom. The molecule has 1 N–H and O–H groups in total. The number of aliphatic imine (C=N–C) groups is 1. The van der Waals surface area contributed by atoms with Gasteiger partial charge < -0.3 is 5.11 Å². The zero-order valence-electron chi connectivity index (χ0n) is 12.8. The predicted octanol–water partition coefficient (Wildman–Crippen LogP) is 5.83. The first kappa shape index (κ1) is 22.1. The molecule has 0 saturated carbocycles. The maximum absolute atomic E-state index is 13.5. The van der Waals surface area contributed by atoms with E-state index >= 15 is 0 Å². The standard InChI is InChI=1S/C15H10F5NO.2ClH.Zr/c1-6-3-4-7(2)15(22)8(6)5-21-14-12(19)10(17)9(16)11(18)13(14)20;;;/h3-5,22H,1-2H3;2*1H;/q;;;+2/p-2. The Balaban J connectivity index is 0.000000970. The van der Waals surface area contributed by atoms with Gasteiger partial charge in [-0.1, -0.05) is 12.1 Å². The summed E-state index contributed by atoms with van der Waals surface area (Å²) in [5.74, 6) is -10.6. The summed E-state index contributed by atoms with van der Waals surface area (Å²) in [5.41, 5.74) is -0.180. The van der Waals surface area contributed by atoms with E-state index in [1.807, 2.05) is 0 Å². The van der Waals surface area contributed by atoms with Crippen molar-refractivity contribution < 1.29 is 47.9 Å². The van der Waals surface area contributed by atoms with Gasteiger partial charge in [-0.05, 0) is 25.0 Å². The van der Waals surface area contributed by atoms with Gasteiger partial charge in [0.25, 0.3) is 0 Å². The fraction of sp³-hybridized carbons (Fsp3) is 0.133. The second kappa shape index (κ2) is 9.65. The normalized spacial score (nSPS) is 10.6. The summed E-state index contributed by atoms with van der Waals surface area (Å²) >= 11 is -0.826. The van der Waals surface area contributed by atoms with Gasteiger partial charge in [0.05, 0.1) is 0 Å². The minimum absolute atomic E-state index is 0.129. The molecule has 0 radical (unpaired) electrons. The molecule has 0 atom stereocenters. The van der Waals surface area contributed by atoms with Crippen molar-refractivity contribution in [2.45, 2.75) is 13.8 Å². The molecule has 134 valence electrons. The summed E-state index contributed by atoms with van der Waals surface area (Å²) < 4.78 is 66.0. The molecule has 2 nitrogen and oxygen atoms in total. The minimum atomic E-state index is -2.25. The molecule has 2 aromatic rings. The number of phenolic OH excluding ortho intramolecular Hbond substituents is 1. The molecule has 0 bridgehead atoms. The van der Waals surface area contributed by atoms with Crippen molar-refractivity contribution in [2.24, 2.45) is 4.99 Å². The van der Waals surface area contributed by atoms with Crippen LogP contribution in [0.1, 0.15) is 16.7 Å². The third kappa shape index (κ3) is 5.02. The quantitative estimate of drug-likeness (QED) is 0.251. The average Bonchev–Trinajstić information content (AvgIpc) is 2.58. The molecule has 2 aromatic carbocycles. The van der Waals surface area contributed by atoms with Gasteiger partial charge in [-0.2, -0.15) is 0 Å². The summed E-state index contributed by atoms with van der Waals surface area (Å²) in [6.45, 7) is 3.18. The van der Waals surface area contributed by atoms with Gasteiger partial charge in [-0.15, -0.1) is 0 Å². The van der Waals surface area contributed by atoms with Crippen molar-refractivity contribution >= 4 is 28.9 Å². The Hall–Kier alpha value is -0.977. The summed E-state index contributed by atoms with van der Waals surface area (Å²) in [7, 11) is 9.87. The fourth-order valence-electron chi connectivity index (χ4n) is 1.82. The van der Waals surface area contributed by atoms with Crippen molar-refractivity contribution in [3.63, 3.8) is 0 Å². The van der Waals surface area contributed by atoms with Gasteiger partial charge in [0, 0.05) is 11.8 Å².